The van der Waals surface area contributed by atoms with Gasteiger partial charge >= 0.3 is 12.0 Å². The Kier molecular flexibility index (Phi) is 4.55. The van der Waals surface area contributed by atoms with Gasteiger partial charge in [-0.2, -0.15) is 0 Å². The molecule has 2 fully saturated rings. The van der Waals surface area contributed by atoms with Crippen LogP contribution in [0.4, 0.5) is 4.79 Å². The number of nitrogens with one attached hydrogen (secondary N) is 1. The lowest BCUT2D eigenvalue weighted by molar-refractivity contribution is -0.144. The van der Waals surface area contributed by atoms with Crippen molar-refractivity contribution in [2.24, 2.45) is 11.3 Å². The van der Waals surface area contributed by atoms with Gasteiger partial charge in [0.1, 0.15) is 6.04 Å². The predicted octanol–water partition coefficient (Wildman–Crippen LogP) is 2.46. The fourth-order valence-corrected chi connectivity index (χ4v) is 3.23. The highest BCUT2D eigenvalue weighted by atomic mass is 16.4. The van der Waals surface area contributed by atoms with Crippen LogP contribution >= 0.6 is 0 Å². The minimum Gasteiger partial charge on any atom is -0.480 e. The maximum atomic E-state index is 12.2. The largest absolute Gasteiger partial charge is 0.480 e. The molecule has 1 saturated heterocycles. The summed E-state index contributed by atoms with van der Waals surface area (Å²) in [5, 5.41) is 12.3. The topological polar surface area (TPSA) is 69.6 Å². The predicted molar refractivity (Wildman–Crippen MR) is 76.5 cm³/mol. The number of carboxylic acids is 1. The van der Waals surface area contributed by atoms with E-state index in [2.05, 4.69) is 19.2 Å². The summed E-state index contributed by atoms with van der Waals surface area (Å²) in [5.41, 5.74) is 0.218. The van der Waals surface area contributed by atoms with Crippen LogP contribution in [0.5, 0.6) is 0 Å². The first-order valence-electron chi connectivity index (χ1n) is 7.72. The van der Waals surface area contributed by atoms with E-state index < -0.39 is 12.0 Å². The molecule has 20 heavy (non-hydrogen) atoms. The summed E-state index contributed by atoms with van der Waals surface area (Å²) in [6.45, 7) is 5.47. The zero-order valence-electron chi connectivity index (χ0n) is 12.5. The van der Waals surface area contributed by atoms with Crippen molar-refractivity contribution >= 4 is 12.0 Å². The minimum atomic E-state index is -0.881. The lowest BCUT2D eigenvalue weighted by atomic mass is 9.70. The van der Waals surface area contributed by atoms with Crippen LogP contribution in [0.1, 0.15) is 52.4 Å². The van der Waals surface area contributed by atoms with Gasteiger partial charge in [-0.3, -0.25) is 0 Å². The molecule has 1 aliphatic carbocycles. The molecule has 2 N–H and O–H groups in total. The van der Waals surface area contributed by atoms with Crippen LogP contribution < -0.4 is 5.32 Å². The van der Waals surface area contributed by atoms with Crippen molar-refractivity contribution in [1.82, 2.24) is 10.2 Å². The number of carbonyl (C=O) groups excluding carboxylic acids is 1. The lowest BCUT2D eigenvalue weighted by Gasteiger charge is -2.41. The number of amides is 2. The third-order valence-electron chi connectivity index (χ3n) is 5.06. The molecule has 114 valence electrons. The molecule has 0 aromatic carbocycles. The molecule has 2 unspecified atom stereocenters. The van der Waals surface area contributed by atoms with Crippen LogP contribution in [0.3, 0.4) is 0 Å². The van der Waals surface area contributed by atoms with E-state index in [1.807, 2.05) is 0 Å². The molecule has 2 atom stereocenters. The molecule has 1 heterocycles. The number of hydrogen-bond acceptors (Lipinski definition) is 2. The first-order valence-corrected chi connectivity index (χ1v) is 7.72. The molecule has 5 heteroatoms. The molecule has 2 amide bonds. The Labute approximate surface area is 120 Å². The van der Waals surface area contributed by atoms with E-state index in [1.165, 1.54) is 11.3 Å². The maximum absolute atomic E-state index is 12.2. The van der Waals surface area contributed by atoms with E-state index in [-0.39, 0.29) is 11.4 Å². The Morgan fingerprint density at radius 2 is 2.10 bits per heavy atom. The van der Waals surface area contributed by atoms with Crippen molar-refractivity contribution in [2.45, 2.75) is 58.4 Å². The highest BCUT2D eigenvalue weighted by molar-refractivity contribution is 5.82. The molecule has 0 aromatic heterocycles. The number of likely N-dealkylation sites (tertiary alicyclic amines) is 1. The molecule has 0 aromatic rings. The average Bonchev–Trinajstić information content (AvgIpc) is 2.41. The van der Waals surface area contributed by atoms with Crippen LogP contribution in [0, 0.1) is 11.3 Å². The van der Waals surface area contributed by atoms with Gasteiger partial charge in [0.2, 0.25) is 0 Å². The number of carboxylic acid groups (broad SMARTS) is 1. The smallest absolute Gasteiger partial charge is 0.326 e. The normalized spacial score (nSPS) is 28.6. The molecular formula is C15H26N2O3. The van der Waals surface area contributed by atoms with Gasteiger partial charge < -0.3 is 15.3 Å². The average molecular weight is 282 g/mol. The van der Waals surface area contributed by atoms with Gasteiger partial charge in [-0.15, -0.1) is 0 Å². The zero-order valence-corrected chi connectivity index (χ0v) is 12.5. The van der Waals surface area contributed by atoms with Crippen molar-refractivity contribution in [3.63, 3.8) is 0 Å². The summed E-state index contributed by atoms with van der Waals surface area (Å²) >= 11 is 0. The summed E-state index contributed by atoms with van der Waals surface area (Å²) < 4.78 is 0. The number of urea groups is 1. The SMILES string of the molecule is CCC1CCN(C(=O)NCC2(C)CCC2)C(C(=O)O)C1. The van der Waals surface area contributed by atoms with E-state index in [0.29, 0.717) is 25.4 Å². The second-order valence-corrected chi connectivity index (χ2v) is 6.67. The van der Waals surface area contributed by atoms with Crippen molar-refractivity contribution in [3.05, 3.63) is 0 Å². The van der Waals surface area contributed by atoms with Crippen LogP contribution in [-0.2, 0) is 4.79 Å². The lowest BCUT2D eigenvalue weighted by Crippen LogP contribution is -2.55. The quantitative estimate of drug-likeness (QED) is 0.832. The summed E-state index contributed by atoms with van der Waals surface area (Å²) in [7, 11) is 0. The minimum absolute atomic E-state index is 0.208. The molecule has 2 rings (SSSR count). The third-order valence-corrected chi connectivity index (χ3v) is 5.06. The summed E-state index contributed by atoms with van der Waals surface area (Å²) in [6.07, 6.45) is 5.99. The molecule has 5 nitrogen and oxygen atoms in total. The maximum Gasteiger partial charge on any atom is 0.326 e. The van der Waals surface area contributed by atoms with Crippen molar-refractivity contribution in [3.8, 4) is 0 Å². The number of piperidine rings is 1. The summed E-state index contributed by atoms with van der Waals surface area (Å²) in [6, 6.07) is -0.872. The number of carbonyl (C=O) groups is 2. The van der Waals surface area contributed by atoms with Gasteiger partial charge in [0.25, 0.3) is 0 Å². The van der Waals surface area contributed by atoms with Gasteiger partial charge in [-0.05, 0) is 37.0 Å². The molecule has 2 aliphatic rings. The highest BCUT2D eigenvalue weighted by Gasteiger charge is 2.37. The molecule has 1 saturated carbocycles. The molecule has 0 bridgehead atoms. The second kappa shape index (κ2) is 6.02. The van der Waals surface area contributed by atoms with E-state index in [1.54, 1.807) is 0 Å². The Hall–Kier alpha value is -1.26. The zero-order chi connectivity index (χ0) is 14.8. The summed E-state index contributed by atoms with van der Waals surface area (Å²) in [4.78, 5) is 25.1. The van der Waals surface area contributed by atoms with Gasteiger partial charge in [-0.25, -0.2) is 9.59 Å². The van der Waals surface area contributed by atoms with E-state index in [4.69, 9.17) is 0 Å². The molecule has 0 radical (unpaired) electrons. The summed E-state index contributed by atoms with van der Waals surface area (Å²) in [5.74, 6) is -0.461. The number of hydrogen-bond donors (Lipinski definition) is 2. The van der Waals surface area contributed by atoms with Crippen molar-refractivity contribution in [1.29, 1.82) is 0 Å². The van der Waals surface area contributed by atoms with E-state index in [9.17, 15) is 14.7 Å². The molecular weight excluding hydrogens is 256 g/mol. The first kappa shape index (κ1) is 15.1. The number of nitrogens with zero attached hydrogens (tertiary/aromatic N) is 1. The van der Waals surface area contributed by atoms with E-state index >= 15 is 0 Å². The fourth-order valence-electron chi connectivity index (χ4n) is 3.23. The number of aliphatic carboxylic acids is 1. The van der Waals surface area contributed by atoms with Crippen molar-refractivity contribution < 1.29 is 14.7 Å². The van der Waals surface area contributed by atoms with Gasteiger partial charge in [0.05, 0.1) is 0 Å². The Balaban J connectivity index is 1.91. The Morgan fingerprint density at radius 1 is 1.40 bits per heavy atom. The monoisotopic (exact) mass is 282 g/mol. The van der Waals surface area contributed by atoms with Crippen molar-refractivity contribution in [2.75, 3.05) is 13.1 Å². The second-order valence-electron chi connectivity index (χ2n) is 6.67. The van der Waals surface area contributed by atoms with E-state index in [0.717, 1.165) is 25.7 Å². The number of rotatable bonds is 4. The third kappa shape index (κ3) is 3.25. The van der Waals surface area contributed by atoms with Gasteiger partial charge in [-0.1, -0.05) is 26.7 Å². The van der Waals surface area contributed by atoms with Crippen LogP contribution in [0.2, 0.25) is 0 Å². The van der Waals surface area contributed by atoms with Gasteiger partial charge in [0, 0.05) is 13.1 Å². The fraction of sp³-hybridized carbons (Fsp3) is 0.867. The van der Waals surface area contributed by atoms with Crippen LogP contribution in [0.25, 0.3) is 0 Å². The molecule has 1 aliphatic heterocycles. The Morgan fingerprint density at radius 3 is 2.60 bits per heavy atom. The molecule has 0 spiro atoms. The Bertz CT molecular complexity index is 379. The van der Waals surface area contributed by atoms with Crippen LogP contribution in [-0.4, -0.2) is 41.1 Å². The first-order chi connectivity index (χ1) is 9.45. The highest BCUT2D eigenvalue weighted by Crippen LogP contribution is 2.39. The van der Waals surface area contributed by atoms with Gasteiger partial charge in [0.15, 0.2) is 0 Å². The van der Waals surface area contributed by atoms with Crippen LogP contribution in [0.15, 0.2) is 0 Å². The standard InChI is InChI=1S/C15H26N2O3/c1-3-11-5-8-17(12(9-11)13(18)19)14(20)16-10-15(2)6-4-7-15/h11-12H,3-10H2,1-2H3,(H,16,20)(H,18,19).